The molecule has 1 amide bonds. The van der Waals surface area contributed by atoms with Gasteiger partial charge in [0.15, 0.2) is 0 Å². The maximum atomic E-state index is 13.2. The Labute approximate surface area is 152 Å². The first-order valence-electron chi connectivity index (χ1n) is 10.6. The number of carbonyl (C=O) groups is 1. The van der Waals surface area contributed by atoms with Crippen LogP contribution in [0.15, 0.2) is 0 Å². The summed E-state index contributed by atoms with van der Waals surface area (Å²) in [5.41, 5.74) is 0.0682. The summed E-state index contributed by atoms with van der Waals surface area (Å²) in [5.74, 6) is 0.384. The molecule has 0 rings (SSSR count). The minimum Gasteiger partial charge on any atom is -0.337 e. The number of hydrogen-bond acceptors (Lipinski definition) is 1. The van der Waals surface area contributed by atoms with Gasteiger partial charge in [-0.15, -0.1) is 0 Å². The normalized spacial score (nSPS) is 14.5. The summed E-state index contributed by atoms with van der Waals surface area (Å²) < 4.78 is 0. The highest BCUT2D eigenvalue weighted by Gasteiger charge is 2.30. The molecule has 0 N–H and O–H groups in total. The smallest absolute Gasteiger partial charge is 0.223 e. The Bertz CT molecular complexity index is 300. The number of hydrogen-bond donors (Lipinski definition) is 0. The molecule has 2 nitrogen and oxygen atoms in total. The molecule has 144 valence electrons. The van der Waals surface area contributed by atoms with Gasteiger partial charge in [0, 0.05) is 18.5 Å². The molecule has 0 heterocycles. The summed E-state index contributed by atoms with van der Waals surface area (Å²) in [4.78, 5) is 15.5. The van der Waals surface area contributed by atoms with Crippen LogP contribution >= 0.6 is 0 Å². The van der Waals surface area contributed by atoms with Gasteiger partial charge >= 0.3 is 0 Å². The Balaban J connectivity index is 5.16. The largest absolute Gasteiger partial charge is 0.337 e. The van der Waals surface area contributed by atoms with E-state index in [-0.39, 0.29) is 5.41 Å². The highest BCUT2D eigenvalue weighted by Crippen LogP contribution is 2.27. The summed E-state index contributed by atoms with van der Waals surface area (Å²) in [6, 6.07) is 0.857. The predicted molar refractivity (Wildman–Crippen MR) is 107 cm³/mol. The topological polar surface area (TPSA) is 20.3 Å². The van der Waals surface area contributed by atoms with Crippen LogP contribution in [0.4, 0.5) is 0 Å². The lowest BCUT2D eigenvalue weighted by Gasteiger charge is -2.39. The Morgan fingerprint density at radius 1 is 0.792 bits per heavy atom. The Kier molecular flexibility index (Phi) is 12.5. The van der Waals surface area contributed by atoms with Gasteiger partial charge in [-0.05, 0) is 31.1 Å². The number of carbonyl (C=O) groups excluding carboxylic acids is 1. The molecule has 2 heteroatoms. The van der Waals surface area contributed by atoms with Gasteiger partial charge in [-0.25, -0.2) is 0 Å². The molecule has 0 spiro atoms. The average molecular weight is 340 g/mol. The number of amides is 1. The summed E-state index contributed by atoms with van der Waals surface area (Å²) in [7, 11) is 0. The van der Waals surface area contributed by atoms with Gasteiger partial charge in [0.2, 0.25) is 5.91 Å². The molecule has 0 saturated carbocycles. The van der Waals surface area contributed by atoms with E-state index in [1.807, 2.05) is 0 Å². The molecule has 0 saturated heterocycles. The summed E-state index contributed by atoms with van der Waals surface area (Å²) in [6.45, 7) is 15.6. The number of unbranched alkanes of at least 4 members (excludes halogenated alkanes) is 4. The van der Waals surface area contributed by atoms with E-state index in [9.17, 15) is 4.79 Å². The quantitative estimate of drug-likeness (QED) is 0.332. The van der Waals surface area contributed by atoms with E-state index in [4.69, 9.17) is 0 Å². The fourth-order valence-electron chi connectivity index (χ4n) is 3.59. The van der Waals surface area contributed by atoms with E-state index in [0.29, 0.717) is 24.4 Å². The molecule has 0 radical (unpaired) electrons. The van der Waals surface area contributed by atoms with Crippen LogP contribution in [0.2, 0.25) is 0 Å². The highest BCUT2D eigenvalue weighted by molar-refractivity contribution is 5.77. The van der Waals surface area contributed by atoms with Gasteiger partial charge in [0.1, 0.15) is 0 Å². The van der Waals surface area contributed by atoms with Gasteiger partial charge in [0.25, 0.3) is 0 Å². The van der Waals surface area contributed by atoms with Crippen LogP contribution in [-0.4, -0.2) is 22.9 Å². The summed E-state index contributed by atoms with van der Waals surface area (Å²) in [5, 5.41) is 0. The molecule has 0 aromatic rings. The maximum absolute atomic E-state index is 13.2. The molecule has 0 aliphatic heterocycles. The predicted octanol–water partition coefficient (Wildman–Crippen LogP) is 6.97. The first kappa shape index (κ1) is 23.5. The molecule has 0 fully saturated rings. The van der Waals surface area contributed by atoms with Gasteiger partial charge in [0.05, 0.1) is 0 Å². The Morgan fingerprint density at radius 3 is 1.50 bits per heavy atom. The van der Waals surface area contributed by atoms with E-state index in [1.165, 1.54) is 51.4 Å². The second-order valence-corrected chi connectivity index (χ2v) is 8.65. The zero-order chi connectivity index (χ0) is 18.6. The van der Waals surface area contributed by atoms with Gasteiger partial charge in [-0.3, -0.25) is 4.79 Å². The lowest BCUT2D eigenvalue weighted by atomic mass is 9.89. The maximum Gasteiger partial charge on any atom is 0.223 e. The molecule has 0 aromatic heterocycles. The number of rotatable bonds is 13. The molecule has 0 bridgehead atoms. The molecule has 2 atom stereocenters. The average Bonchev–Trinajstić information content (AvgIpc) is 2.50. The third kappa shape index (κ3) is 9.69. The monoisotopic (exact) mass is 339 g/mol. The van der Waals surface area contributed by atoms with Crippen LogP contribution in [0.25, 0.3) is 0 Å². The minimum atomic E-state index is 0.0682. The standard InChI is InChI=1S/C22H45NO/c1-8-12-14-16-19(10-3)23(21(24)18-22(5,6)7)20(11-4)17-15-13-9-2/h19-20H,8-18H2,1-7H3. The third-order valence-corrected chi connectivity index (χ3v) is 4.98. The first-order valence-corrected chi connectivity index (χ1v) is 10.6. The van der Waals surface area contributed by atoms with Gasteiger partial charge in [-0.1, -0.05) is 87.0 Å². The molecular formula is C22H45NO. The summed E-state index contributed by atoms with van der Waals surface area (Å²) in [6.07, 6.45) is 12.7. The zero-order valence-corrected chi connectivity index (χ0v) is 17.8. The molecule has 24 heavy (non-hydrogen) atoms. The Hall–Kier alpha value is -0.530. The van der Waals surface area contributed by atoms with Crippen LogP contribution in [0.1, 0.15) is 119 Å². The van der Waals surface area contributed by atoms with Crippen molar-refractivity contribution >= 4 is 5.91 Å². The van der Waals surface area contributed by atoms with Crippen LogP contribution < -0.4 is 0 Å². The highest BCUT2D eigenvalue weighted by atomic mass is 16.2. The van der Waals surface area contributed by atoms with Crippen molar-refractivity contribution in [3.8, 4) is 0 Å². The van der Waals surface area contributed by atoms with Crippen molar-refractivity contribution in [2.75, 3.05) is 0 Å². The van der Waals surface area contributed by atoms with Crippen molar-refractivity contribution in [3.63, 3.8) is 0 Å². The minimum absolute atomic E-state index is 0.0682. The SMILES string of the molecule is CCCCCC(CC)N(C(=O)CC(C)(C)C)C(CC)CCCCC. The molecule has 0 aliphatic rings. The molecule has 0 aromatic carbocycles. The number of nitrogens with zero attached hydrogens (tertiary/aromatic N) is 1. The van der Waals surface area contributed by atoms with Crippen LogP contribution in [0, 0.1) is 5.41 Å². The summed E-state index contributed by atoms with van der Waals surface area (Å²) >= 11 is 0. The molecule has 0 aliphatic carbocycles. The van der Waals surface area contributed by atoms with E-state index in [1.54, 1.807) is 0 Å². The second kappa shape index (κ2) is 12.8. The van der Waals surface area contributed by atoms with Gasteiger partial charge in [-0.2, -0.15) is 0 Å². The lowest BCUT2D eigenvalue weighted by molar-refractivity contribution is -0.139. The van der Waals surface area contributed by atoms with Crippen molar-refractivity contribution in [1.82, 2.24) is 4.90 Å². The van der Waals surface area contributed by atoms with Crippen molar-refractivity contribution in [2.24, 2.45) is 5.41 Å². The fraction of sp³-hybridized carbons (Fsp3) is 0.955. The van der Waals surface area contributed by atoms with E-state index >= 15 is 0 Å². The van der Waals surface area contributed by atoms with Gasteiger partial charge < -0.3 is 4.90 Å². The lowest BCUT2D eigenvalue weighted by Crippen LogP contribution is -2.48. The van der Waals surface area contributed by atoms with E-state index < -0.39 is 0 Å². The zero-order valence-electron chi connectivity index (χ0n) is 17.8. The van der Waals surface area contributed by atoms with Crippen molar-refractivity contribution in [2.45, 2.75) is 131 Å². The van der Waals surface area contributed by atoms with Crippen LogP contribution in [-0.2, 0) is 4.79 Å². The second-order valence-electron chi connectivity index (χ2n) is 8.65. The third-order valence-electron chi connectivity index (χ3n) is 4.98. The fourth-order valence-corrected chi connectivity index (χ4v) is 3.59. The van der Waals surface area contributed by atoms with Crippen molar-refractivity contribution < 1.29 is 4.79 Å². The van der Waals surface area contributed by atoms with E-state index in [0.717, 1.165) is 12.8 Å². The molecule has 2 unspecified atom stereocenters. The van der Waals surface area contributed by atoms with Crippen LogP contribution in [0.5, 0.6) is 0 Å². The van der Waals surface area contributed by atoms with E-state index in [2.05, 4.69) is 53.4 Å². The molecular weight excluding hydrogens is 294 g/mol. The van der Waals surface area contributed by atoms with Crippen molar-refractivity contribution in [3.05, 3.63) is 0 Å². The van der Waals surface area contributed by atoms with Crippen LogP contribution in [0.3, 0.4) is 0 Å². The van der Waals surface area contributed by atoms with Crippen molar-refractivity contribution in [1.29, 1.82) is 0 Å². The Morgan fingerprint density at radius 2 is 1.21 bits per heavy atom. The first-order chi connectivity index (χ1) is 11.3.